The van der Waals surface area contributed by atoms with Gasteiger partial charge in [0.05, 0.1) is 10.6 Å². The molecule has 0 saturated heterocycles. The first kappa shape index (κ1) is 13.9. The highest BCUT2D eigenvalue weighted by Gasteiger charge is 2.18. The molecule has 0 bridgehead atoms. The number of sulfone groups is 1. The molecule has 0 aromatic heterocycles. The van der Waals surface area contributed by atoms with E-state index in [9.17, 15) is 8.42 Å². The van der Waals surface area contributed by atoms with E-state index in [0.717, 1.165) is 0 Å². The summed E-state index contributed by atoms with van der Waals surface area (Å²) < 4.78 is 29.6. The van der Waals surface area contributed by atoms with Crippen LogP contribution in [0.25, 0.3) is 10.4 Å². The van der Waals surface area contributed by atoms with Crippen LogP contribution in [0, 0.1) is 0 Å². The summed E-state index contributed by atoms with van der Waals surface area (Å²) in [5, 5.41) is 3.37. The van der Waals surface area contributed by atoms with E-state index in [1.165, 1.54) is 12.1 Å². The van der Waals surface area contributed by atoms with E-state index in [2.05, 4.69) is 10.0 Å². The van der Waals surface area contributed by atoms with E-state index in [1.807, 2.05) is 0 Å². The van der Waals surface area contributed by atoms with Crippen LogP contribution in [0.1, 0.15) is 0 Å². The minimum absolute atomic E-state index is 0.0475. The molecule has 7 heteroatoms. The molecule has 0 atom stereocenters. The van der Waals surface area contributed by atoms with Crippen molar-refractivity contribution in [2.24, 2.45) is 5.11 Å². The lowest BCUT2D eigenvalue weighted by molar-refractivity contribution is 0.376. The van der Waals surface area contributed by atoms with Crippen LogP contribution in [0.3, 0.4) is 0 Å². The predicted molar refractivity (Wildman–Crippen MR) is 74.4 cm³/mol. The van der Waals surface area contributed by atoms with Crippen LogP contribution in [0.4, 0.5) is 5.69 Å². The third-order valence-electron chi connectivity index (χ3n) is 2.48. The Kier molecular flexibility index (Phi) is 4.24. The van der Waals surface area contributed by atoms with Gasteiger partial charge in [0.2, 0.25) is 9.84 Å². The standard InChI is InChI=1S/C13H11N3O3S/c14-16-15-12-8-4-5-9-13(12)20(17,18)10-19-11-6-2-1-3-7-11/h1-9H,10H2. The molecular formula is C13H11N3O3S. The second-order valence-electron chi connectivity index (χ2n) is 3.85. The van der Waals surface area contributed by atoms with Crippen LogP contribution >= 0.6 is 0 Å². The molecule has 0 radical (unpaired) electrons. The Hall–Kier alpha value is -2.50. The Labute approximate surface area is 116 Å². The molecule has 0 fully saturated rings. The molecule has 0 aliphatic heterocycles. The first-order chi connectivity index (χ1) is 9.63. The number of azide groups is 1. The molecule has 20 heavy (non-hydrogen) atoms. The Morgan fingerprint density at radius 3 is 2.40 bits per heavy atom. The lowest BCUT2D eigenvalue weighted by atomic mass is 10.3. The van der Waals surface area contributed by atoms with Gasteiger partial charge in [-0.15, -0.1) is 0 Å². The van der Waals surface area contributed by atoms with Gasteiger partial charge in [-0.1, -0.05) is 41.5 Å². The number of nitrogens with zero attached hydrogens (tertiary/aromatic N) is 3. The predicted octanol–water partition coefficient (Wildman–Crippen LogP) is 3.44. The topological polar surface area (TPSA) is 92.1 Å². The fourth-order valence-electron chi connectivity index (χ4n) is 1.58. The Bertz CT molecular complexity index is 738. The Balaban J connectivity index is 2.25. The summed E-state index contributed by atoms with van der Waals surface area (Å²) in [6.45, 7) is 0. The molecule has 2 aromatic carbocycles. The van der Waals surface area contributed by atoms with Gasteiger partial charge in [0.15, 0.2) is 5.94 Å². The molecule has 0 aliphatic carbocycles. The monoisotopic (exact) mass is 289 g/mol. The summed E-state index contributed by atoms with van der Waals surface area (Å²) in [6, 6.07) is 14.6. The van der Waals surface area contributed by atoms with Crippen molar-refractivity contribution in [2.45, 2.75) is 4.90 Å². The minimum Gasteiger partial charge on any atom is -0.477 e. The maximum Gasteiger partial charge on any atom is 0.213 e. The molecule has 0 aliphatic rings. The molecule has 0 heterocycles. The van der Waals surface area contributed by atoms with E-state index in [1.54, 1.807) is 42.5 Å². The maximum absolute atomic E-state index is 12.2. The van der Waals surface area contributed by atoms with Gasteiger partial charge in [-0.2, -0.15) is 0 Å². The Morgan fingerprint density at radius 2 is 1.70 bits per heavy atom. The van der Waals surface area contributed by atoms with Crippen LogP contribution in [0.15, 0.2) is 64.6 Å². The highest BCUT2D eigenvalue weighted by atomic mass is 32.2. The third kappa shape index (κ3) is 3.28. The normalized spacial score (nSPS) is 10.6. The van der Waals surface area contributed by atoms with Gasteiger partial charge in [-0.3, -0.25) is 0 Å². The first-order valence-corrected chi connectivity index (χ1v) is 7.33. The van der Waals surface area contributed by atoms with Crippen LogP contribution < -0.4 is 4.74 Å². The van der Waals surface area contributed by atoms with Gasteiger partial charge >= 0.3 is 0 Å². The quantitative estimate of drug-likeness (QED) is 0.479. The summed E-state index contributed by atoms with van der Waals surface area (Å²) in [5.74, 6) is -0.0630. The van der Waals surface area contributed by atoms with Crippen molar-refractivity contribution in [3.05, 3.63) is 65.0 Å². The van der Waals surface area contributed by atoms with E-state index >= 15 is 0 Å². The average Bonchev–Trinajstić information content (AvgIpc) is 2.47. The lowest BCUT2D eigenvalue weighted by Gasteiger charge is -2.09. The molecule has 102 valence electrons. The fraction of sp³-hybridized carbons (Fsp3) is 0.0769. The second kappa shape index (κ2) is 6.10. The summed E-state index contributed by atoms with van der Waals surface area (Å²) in [6.07, 6.45) is 0. The molecule has 2 rings (SSSR count). The van der Waals surface area contributed by atoms with E-state index < -0.39 is 15.8 Å². The number of hydrogen-bond acceptors (Lipinski definition) is 4. The molecule has 2 aromatic rings. The highest BCUT2D eigenvalue weighted by Crippen LogP contribution is 2.25. The second-order valence-corrected chi connectivity index (χ2v) is 5.75. The van der Waals surface area contributed by atoms with Gasteiger partial charge in [0, 0.05) is 4.91 Å². The van der Waals surface area contributed by atoms with Crippen LogP contribution in [-0.2, 0) is 9.84 Å². The number of hydrogen-bond donors (Lipinski definition) is 0. The van der Waals surface area contributed by atoms with Crippen molar-refractivity contribution in [1.29, 1.82) is 0 Å². The van der Waals surface area contributed by atoms with Crippen LogP contribution in [0.5, 0.6) is 5.75 Å². The highest BCUT2D eigenvalue weighted by molar-refractivity contribution is 7.91. The summed E-state index contributed by atoms with van der Waals surface area (Å²) >= 11 is 0. The molecule has 0 unspecified atom stereocenters. The van der Waals surface area contributed by atoms with Gasteiger partial charge in [0.1, 0.15) is 5.75 Å². The number of benzene rings is 2. The van der Waals surface area contributed by atoms with E-state index in [4.69, 9.17) is 10.3 Å². The molecule has 0 saturated carbocycles. The first-order valence-electron chi connectivity index (χ1n) is 5.68. The van der Waals surface area contributed by atoms with Gasteiger partial charge in [-0.25, -0.2) is 8.42 Å². The SMILES string of the molecule is [N-]=[N+]=Nc1ccccc1S(=O)(=O)COc1ccccc1. The zero-order valence-corrected chi connectivity index (χ0v) is 11.2. The summed E-state index contributed by atoms with van der Waals surface area (Å²) in [4.78, 5) is 2.57. The van der Waals surface area contributed by atoms with Crippen molar-refractivity contribution >= 4 is 15.5 Å². The number of rotatable bonds is 5. The largest absolute Gasteiger partial charge is 0.477 e. The van der Waals surface area contributed by atoms with Crippen molar-refractivity contribution in [1.82, 2.24) is 0 Å². The fourth-order valence-corrected chi connectivity index (χ4v) is 2.71. The molecule has 6 nitrogen and oxygen atoms in total. The van der Waals surface area contributed by atoms with Crippen molar-refractivity contribution in [3.8, 4) is 5.75 Å². The smallest absolute Gasteiger partial charge is 0.213 e. The van der Waals surface area contributed by atoms with Crippen molar-refractivity contribution < 1.29 is 13.2 Å². The number of ether oxygens (including phenoxy) is 1. The average molecular weight is 289 g/mol. The molecule has 0 N–H and O–H groups in total. The summed E-state index contributed by atoms with van der Waals surface area (Å²) in [5.41, 5.74) is 8.51. The Morgan fingerprint density at radius 1 is 1.05 bits per heavy atom. The number of para-hydroxylation sites is 1. The van der Waals surface area contributed by atoms with Crippen molar-refractivity contribution in [3.63, 3.8) is 0 Å². The lowest BCUT2D eigenvalue weighted by Crippen LogP contribution is -2.12. The molecule has 0 spiro atoms. The van der Waals surface area contributed by atoms with Crippen LogP contribution in [0.2, 0.25) is 0 Å². The van der Waals surface area contributed by atoms with Gasteiger partial charge in [0.25, 0.3) is 0 Å². The molecule has 0 amide bonds. The van der Waals surface area contributed by atoms with E-state index in [-0.39, 0.29) is 10.6 Å². The van der Waals surface area contributed by atoms with Crippen molar-refractivity contribution in [2.75, 3.05) is 5.94 Å². The molecular weight excluding hydrogens is 278 g/mol. The summed E-state index contributed by atoms with van der Waals surface area (Å²) in [7, 11) is -3.70. The third-order valence-corrected chi connectivity index (χ3v) is 3.92. The van der Waals surface area contributed by atoms with Gasteiger partial charge in [-0.05, 0) is 23.7 Å². The minimum atomic E-state index is -3.70. The van der Waals surface area contributed by atoms with Crippen LogP contribution in [-0.4, -0.2) is 14.4 Å². The zero-order chi connectivity index (χ0) is 14.4. The van der Waals surface area contributed by atoms with E-state index in [0.29, 0.717) is 5.75 Å². The maximum atomic E-state index is 12.2. The zero-order valence-electron chi connectivity index (χ0n) is 10.4. The van der Waals surface area contributed by atoms with Gasteiger partial charge < -0.3 is 4.74 Å².